The van der Waals surface area contributed by atoms with Crippen molar-refractivity contribution in [1.29, 1.82) is 0 Å². The van der Waals surface area contributed by atoms with Gasteiger partial charge in [-0.2, -0.15) is 0 Å². The van der Waals surface area contributed by atoms with E-state index in [1.165, 1.54) is 0 Å². The van der Waals surface area contributed by atoms with Crippen LogP contribution in [0.2, 0.25) is 0 Å². The fourth-order valence-electron chi connectivity index (χ4n) is 2.74. The van der Waals surface area contributed by atoms with Crippen LogP contribution in [0.4, 0.5) is 5.69 Å². The average molecular weight is 303 g/mol. The molecule has 0 fully saturated rings. The number of nitrogens with two attached hydrogens (primary N) is 1. The highest BCUT2D eigenvalue weighted by Crippen LogP contribution is 2.28. The number of aromatic nitrogens is 2. The zero-order valence-electron chi connectivity index (χ0n) is 13.8. The largest absolute Gasteiger partial charge is 0.464 e. The molecule has 0 radical (unpaired) electrons. The number of fused-ring (bicyclic) bond motifs is 1. The lowest BCUT2D eigenvalue weighted by Crippen LogP contribution is -2.23. The summed E-state index contributed by atoms with van der Waals surface area (Å²) in [5, 5.41) is 0. The molecule has 22 heavy (non-hydrogen) atoms. The number of imidazole rings is 1. The minimum absolute atomic E-state index is 0.211. The molecule has 1 heterocycles. The zero-order chi connectivity index (χ0) is 16.3. The topological polar surface area (TPSA) is 70.1 Å². The van der Waals surface area contributed by atoms with E-state index in [4.69, 9.17) is 15.5 Å². The van der Waals surface area contributed by atoms with Crippen LogP contribution in [0.15, 0.2) is 18.2 Å². The Bertz CT molecular complexity index is 661. The molecule has 0 aliphatic carbocycles. The first-order valence-corrected chi connectivity index (χ1v) is 7.91. The van der Waals surface area contributed by atoms with Gasteiger partial charge in [0.25, 0.3) is 0 Å². The standard InChI is InChI=1S/C17H25N3O2/c1-5-13(17(21)22-6-2)20-14-9-7-8-12(18)16(14)19-15(20)10-11(3)4/h7-9,11,13H,5-6,10,18H2,1-4H3. The van der Waals surface area contributed by atoms with Gasteiger partial charge in [-0.25, -0.2) is 9.78 Å². The molecule has 2 N–H and O–H groups in total. The zero-order valence-corrected chi connectivity index (χ0v) is 13.8. The summed E-state index contributed by atoms with van der Waals surface area (Å²) in [6.45, 7) is 8.46. The lowest BCUT2D eigenvalue weighted by atomic mass is 10.1. The van der Waals surface area contributed by atoms with Crippen LogP contribution in [0.1, 0.15) is 46.0 Å². The van der Waals surface area contributed by atoms with Crippen LogP contribution in [-0.2, 0) is 16.0 Å². The Balaban J connectivity index is 2.62. The van der Waals surface area contributed by atoms with E-state index in [-0.39, 0.29) is 12.0 Å². The maximum atomic E-state index is 12.3. The van der Waals surface area contributed by atoms with E-state index in [2.05, 4.69) is 13.8 Å². The van der Waals surface area contributed by atoms with Crippen molar-refractivity contribution in [3.63, 3.8) is 0 Å². The lowest BCUT2D eigenvalue weighted by Gasteiger charge is -2.19. The van der Waals surface area contributed by atoms with E-state index >= 15 is 0 Å². The van der Waals surface area contributed by atoms with Gasteiger partial charge in [0, 0.05) is 6.42 Å². The number of anilines is 1. The Kier molecular flexibility index (Phi) is 5.06. The third kappa shape index (κ3) is 3.08. The molecule has 0 amide bonds. The summed E-state index contributed by atoms with van der Waals surface area (Å²) < 4.78 is 7.24. The van der Waals surface area contributed by atoms with Crippen molar-refractivity contribution in [1.82, 2.24) is 9.55 Å². The number of rotatable bonds is 6. The molecule has 5 heteroatoms. The van der Waals surface area contributed by atoms with Crippen LogP contribution in [-0.4, -0.2) is 22.1 Å². The Morgan fingerprint density at radius 3 is 2.68 bits per heavy atom. The highest BCUT2D eigenvalue weighted by Gasteiger charge is 2.26. The second-order valence-electron chi connectivity index (χ2n) is 5.89. The van der Waals surface area contributed by atoms with Crippen molar-refractivity contribution in [2.75, 3.05) is 12.3 Å². The van der Waals surface area contributed by atoms with Crippen LogP contribution in [0.3, 0.4) is 0 Å². The van der Waals surface area contributed by atoms with Crippen molar-refractivity contribution in [3.8, 4) is 0 Å². The number of benzene rings is 1. The molecule has 0 aliphatic rings. The fraction of sp³-hybridized carbons (Fsp3) is 0.529. The van der Waals surface area contributed by atoms with Gasteiger partial charge < -0.3 is 15.0 Å². The second-order valence-corrected chi connectivity index (χ2v) is 5.89. The highest BCUT2D eigenvalue weighted by molar-refractivity contribution is 5.89. The first-order chi connectivity index (χ1) is 10.5. The quantitative estimate of drug-likeness (QED) is 0.656. The van der Waals surface area contributed by atoms with Gasteiger partial charge in [0.15, 0.2) is 0 Å². The van der Waals surface area contributed by atoms with E-state index in [0.29, 0.717) is 24.6 Å². The third-order valence-corrected chi connectivity index (χ3v) is 3.67. The van der Waals surface area contributed by atoms with Gasteiger partial charge in [0.05, 0.1) is 17.8 Å². The highest BCUT2D eigenvalue weighted by atomic mass is 16.5. The van der Waals surface area contributed by atoms with Crippen molar-refractivity contribution in [2.45, 2.75) is 46.6 Å². The molecule has 1 unspecified atom stereocenters. The second kappa shape index (κ2) is 6.81. The van der Waals surface area contributed by atoms with Gasteiger partial charge in [-0.05, 0) is 31.4 Å². The molecule has 1 atom stereocenters. The number of ether oxygens (including phenoxy) is 1. The Morgan fingerprint density at radius 2 is 2.09 bits per heavy atom. The fourth-order valence-corrected chi connectivity index (χ4v) is 2.74. The number of hydrogen-bond donors (Lipinski definition) is 1. The normalized spacial score (nSPS) is 12.8. The summed E-state index contributed by atoms with van der Waals surface area (Å²) in [6, 6.07) is 5.34. The number of hydrogen-bond acceptors (Lipinski definition) is 4. The van der Waals surface area contributed by atoms with Gasteiger partial charge in [0.2, 0.25) is 0 Å². The summed E-state index contributed by atoms with van der Waals surface area (Å²) in [6.07, 6.45) is 1.45. The molecule has 1 aromatic carbocycles. The summed E-state index contributed by atoms with van der Waals surface area (Å²) >= 11 is 0. The van der Waals surface area contributed by atoms with Crippen LogP contribution < -0.4 is 5.73 Å². The predicted octanol–water partition coefficient (Wildman–Crippen LogP) is 3.33. The predicted molar refractivity (Wildman–Crippen MR) is 88.6 cm³/mol. The first-order valence-electron chi connectivity index (χ1n) is 7.91. The number of carbonyl (C=O) groups is 1. The molecule has 120 valence electrons. The van der Waals surface area contributed by atoms with Crippen LogP contribution in [0.25, 0.3) is 11.0 Å². The molecule has 5 nitrogen and oxygen atoms in total. The van der Waals surface area contributed by atoms with Crippen LogP contribution in [0, 0.1) is 5.92 Å². The molecule has 1 aromatic heterocycles. The van der Waals surface area contributed by atoms with Gasteiger partial charge in [-0.3, -0.25) is 0 Å². The maximum Gasteiger partial charge on any atom is 0.329 e. The molecule has 0 saturated carbocycles. The Labute approximate surface area is 131 Å². The van der Waals surface area contributed by atoms with Gasteiger partial charge >= 0.3 is 5.97 Å². The van der Waals surface area contributed by atoms with Crippen molar-refractivity contribution >= 4 is 22.7 Å². The molecule has 0 aliphatic heterocycles. The van der Waals surface area contributed by atoms with Gasteiger partial charge in [0.1, 0.15) is 17.4 Å². The molecular weight excluding hydrogens is 278 g/mol. The summed E-state index contributed by atoms with van der Waals surface area (Å²) in [4.78, 5) is 17.0. The molecule has 0 saturated heterocycles. The Morgan fingerprint density at radius 1 is 1.36 bits per heavy atom. The van der Waals surface area contributed by atoms with E-state index in [1.54, 1.807) is 0 Å². The number of nitrogen functional groups attached to an aromatic ring is 1. The van der Waals surface area contributed by atoms with Crippen LogP contribution in [0.5, 0.6) is 0 Å². The smallest absolute Gasteiger partial charge is 0.329 e. The molecular formula is C17H25N3O2. The third-order valence-electron chi connectivity index (χ3n) is 3.67. The monoisotopic (exact) mass is 303 g/mol. The number of nitrogens with zero attached hydrogens (tertiary/aromatic N) is 2. The maximum absolute atomic E-state index is 12.3. The summed E-state index contributed by atoms with van der Waals surface area (Å²) in [5.41, 5.74) is 8.36. The molecule has 0 bridgehead atoms. The SMILES string of the molecule is CCOC(=O)C(CC)n1c(CC(C)C)nc2c(N)cccc21. The Hall–Kier alpha value is -2.04. The van der Waals surface area contributed by atoms with Gasteiger partial charge in [-0.15, -0.1) is 0 Å². The molecule has 2 rings (SSSR count). The molecule has 0 spiro atoms. The van der Waals surface area contributed by atoms with E-state index in [0.717, 1.165) is 23.3 Å². The average Bonchev–Trinajstić information content (AvgIpc) is 2.80. The lowest BCUT2D eigenvalue weighted by molar-refractivity contribution is -0.147. The first kappa shape index (κ1) is 16.3. The molecule has 2 aromatic rings. The summed E-state index contributed by atoms with van der Waals surface area (Å²) in [7, 11) is 0. The number of carbonyl (C=O) groups excluding carboxylic acids is 1. The minimum Gasteiger partial charge on any atom is -0.464 e. The van der Waals surface area contributed by atoms with E-state index in [1.807, 2.05) is 36.6 Å². The minimum atomic E-state index is -0.361. The van der Waals surface area contributed by atoms with Crippen molar-refractivity contribution < 1.29 is 9.53 Å². The van der Waals surface area contributed by atoms with Gasteiger partial charge in [-0.1, -0.05) is 26.8 Å². The van der Waals surface area contributed by atoms with E-state index in [9.17, 15) is 4.79 Å². The summed E-state index contributed by atoms with van der Waals surface area (Å²) in [5.74, 6) is 1.12. The van der Waals surface area contributed by atoms with Crippen molar-refractivity contribution in [3.05, 3.63) is 24.0 Å². The number of para-hydroxylation sites is 1. The number of esters is 1. The van der Waals surface area contributed by atoms with Crippen LogP contribution >= 0.6 is 0 Å². The van der Waals surface area contributed by atoms with E-state index < -0.39 is 0 Å². The van der Waals surface area contributed by atoms with Crippen molar-refractivity contribution in [2.24, 2.45) is 5.92 Å².